The number of benzene rings is 1. The summed E-state index contributed by atoms with van der Waals surface area (Å²) in [6, 6.07) is 7.65. The molecule has 0 aliphatic carbocycles. The summed E-state index contributed by atoms with van der Waals surface area (Å²) in [6.07, 6.45) is 0.868. The monoisotopic (exact) mass is 254 g/mol. The van der Waals surface area contributed by atoms with Gasteiger partial charge in [0, 0.05) is 11.9 Å². The molecule has 1 aromatic rings. The maximum atomic E-state index is 11.2. The van der Waals surface area contributed by atoms with Crippen LogP contribution in [0, 0.1) is 0 Å². The third-order valence-corrected chi connectivity index (χ3v) is 2.73. The molecular formula is C13H19ClN2O. The number of nitrogens with one attached hydrogen (secondary N) is 1. The van der Waals surface area contributed by atoms with Crippen LogP contribution >= 0.6 is 11.6 Å². The molecule has 94 valence electrons. The van der Waals surface area contributed by atoms with Gasteiger partial charge >= 0.3 is 0 Å². The maximum Gasteiger partial charge on any atom is 0.217 e. The molecule has 1 aromatic carbocycles. The van der Waals surface area contributed by atoms with Crippen LogP contribution in [0.25, 0.3) is 0 Å². The predicted molar refractivity (Wildman–Crippen MR) is 71.2 cm³/mol. The largest absolute Gasteiger partial charge is 0.349 e. The van der Waals surface area contributed by atoms with Gasteiger partial charge in [-0.3, -0.25) is 4.79 Å². The van der Waals surface area contributed by atoms with E-state index in [0.29, 0.717) is 5.02 Å². The van der Waals surface area contributed by atoms with Crippen LogP contribution in [0.15, 0.2) is 24.3 Å². The molecule has 1 amide bonds. The summed E-state index contributed by atoms with van der Waals surface area (Å²) < 4.78 is 0. The molecule has 0 aliphatic heterocycles. The normalized spacial score (nSPS) is 12.5. The fourth-order valence-corrected chi connectivity index (χ4v) is 1.88. The zero-order valence-electron chi connectivity index (χ0n) is 10.5. The zero-order chi connectivity index (χ0) is 12.8. The van der Waals surface area contributed by atoms with Crippen molar-refractivity contribution >= 4 is 17.5 Å². The first-order valence-corrected chi connectivity index (χ1v) is 6.04. The lowest BCUT2D eigenvalue weighted by atomic mass is 10.0. The number of nitrogens with zero attached hydrogens (tertiary/aromatic N) is 1. The first kappa shape index (κ1) is 14.0. The van der Waals surface area contributed by atoms with Gasteiger partial charge in [-0.25, -0.2) is 0 Å². The molecule has 1 rings (SSSR count). The Kier molecular flexibility index (Phi) is 5.45. The van der Waals surface area contributed by atoms with Crippen molar-refractivity contribution in [1.29, 1.82) is 0 Å². The SMILES string of the molecule is CC(=O)NC(CCN(C)C)c1cccc(Cl)c1. The molecule has 0 radical (unpaired) electrons. The van der Waals surface area contributed by atoms with Gasteiger partial charge in [0.25, 0.3) is 0 Å². The van der Waals surface area contributed by atoms with Crippen LogP contribution in [0.5, 0.6) is 0 Å². The van der Waals surface area contributed by atoms with Crippen LogP contribution in [0.2, 0.25) is 5.02 Å². The number of rotatable bonds is 5. The van der Waals surface area contributed by atoms with Crippen molar-refractivity contribution in [3.63, 3.8) is 0 Å². The summed E-state index contributed by atoms with van der Waals surface area (Å²) in [7, 11) is 4.03. The summed E-state index contributed by atoms with van der Waals surface area (Å²) in [6.45, 7) is 2.45. The highest BCUT2D eigenvalue weighted by Gasteiger charge is 2.13. The van der Waals surface area contributed by atoms with E-state index in [-0.39, 0.29) is 11.9 Å². The lowest BCUT2D eigenvalue weighted by Gasteiger charge is -2.20. The molecule has 3 nitrogen and oxygen atoms in total. The minimum atomic E-state index is -0.0197. The van der Waals surface area contributed by atoms with E-state index in [9.17, 15) is 4.79 Å². The fourth-order valence-electron chi connectivity index (χ4n) is 1.68. The van der Waals surface area contributed by atoms with Gasteiger partial charge in [-0.1, -0.05) is 23.7 Å². The van der Waals surface area contributed by atoms with Crippen molar-refractivity contribution in [3.8, 4) is 0 Å². The molecule has 0 heterocycles. The molecule has 0 aromatic heterocycles. The molecule has 0 fully saturated rings. The Balaban J connectivity index is 2.78. The number of halogens is 1. The second-order valence-electron chi connectivity index (χ2n) is 4.40. The summed E-state index contributed by atoms with van der Waals surface area (Å²) in [5, 5.41) is 3.65. The molecule has 0 aliphatic rings. The van der Waals surface area contributed by atoms with Crippen LogP contribution in [0.4, 0.5) is 0 Å². The standard InChI is InChI=1S/C13H19ClN2O/c1-10(17)15-13(7-8-16(2)3)11-5-4-6-12(14)9-11/h4-6,9,13H,7-8H2,1-3H3,(H,15,17). The van der Waals surface area contributed by atoms with Crippen molar-refractivity contribution in [2.45, 2.75) is 19.4 Å². The van der Waals surface area contributed by atoms with Gasteiger partial charge in [-0.05, 0) is 44.8 Å². The van der Waals surface area contributed by atoms with E-state index in [1.54, 1.807) is 0 Å². The van der Waals surface area contributed by atoms with Gasteiger partial charge in [0.05, 0.1) is 6.04 Å². The van der Waals surface area contributed by atoms with E-state index in [1.165, 1.54) is 6.92 Å². The molecule has 0 spiro atoms. The van der Waals surface area contributed by atoms with Crippen LogP contribution < -0.4 is 5.32 Å². The van der Waals surface area contributed by atoms with E-state index in [1.807, 2.05) is 38.4 Å². The third kappa shape index (κ3) is 5.20. The predicted octanol–water partition coefficient (Wildman–Crippen LogP) is 2.47. The van der Waals surface area contributed by atoms with E-state index in [4.69, 9.17) is 11.6 Å². The molecule has 0 saturated heterocycles. The minimum absolute atomic E-state index is 0.0197. The van der Waals surface area contributed by atoms with E-state index in [0.717, 1.165) is 18.5 Å². The Labute approximate surface area is 108 Å². The van der Waals surface area contributed by atoms with Crippen LogP contribution in [-0.2, 0) is 4.79 Å². The zero-order valence-corrected chi connectivity index (χ0v) is 11.3. The number of carbonyl (C=O) groups excluding carboxylic acids is 1. The summed E-state index contributed by atoms with van der Waals surface area (Å²) in [5.74, 6) is -0.0197. The topological polar surface area (TPSA) is 32.3 Å². The van der Waals surface area contributed by atoms with Gasteiger partial charge < -0.3 is 10.2 Å². The molecule has 1 unspecified atom stereocenters. The molecule has 0 saturated carbocycles. The highest BCUT2D eigenvalue weighted by molar-refractivity contribution is 6.30. The van der Waals surface area contributed by atoms with E-state index < -0.39 is 0 Å². The van der Waals surface area contributed by atoms with Crippen LogP contribution in [0.3, 0.4) is 0 Å². The Hall–Kier alpha value is -1.06. The highest BCUT2D eigenvalue weighted by atomic mass is 35.5. The van der Waals surface area contributed by atoms with Crippen molar-refractivity contribution in [2.24, 2.45) is 0 Å². The van der Waals surface area contributed by atoms with Gasteiger partial charge in [0.15, 0.2) is 0 Å². The maximum absolute atomic E-state index is 11.2. The van der Waals surface area contributed by atoms with Crippen LogP contribution in [0.1, 0.15) is 24.9 Å². The van der Waals surface area contributed by atoms with Crippen molar-refractivity contribution in [2.75, 3.05) is 20.6 Å². The number of carbonyl (C=O) groups is 1. The quantitative estimate of drug-likeness (QED) is 0.876. The first-order valence-electron chi connectivity index (χ1n) is 5.66. The average molecular weight is 255 g/mol. The Morgan fingerprint density at radius 2 is 2.18 bits per heavy atom. The van der Waals surface area contributed by atoms with Crippen LogP contribution in [-0.4, -0.2) is 31.4 Å². The van der Waals surface area contributed by atoms with Gasteiger partial charge in [0.2, 0.25) is 5.91 Å². The Bertz CT molecular complexity index is 379. The fraction of sp³-hybridized carbons (Fsp3) is 0.462. The highest BCUT2D eigenvalue weighted by Crippen LogP contribution is 2.20. The van der Waals surface area contributed by atoms with Gasteiger partial charge in [-0.15, -0.1) is 0 Å². The molecule has 1 N–H and O–H groups in total. The molecular weight excluding hydrogens is 236 g/mol. The van der Waals surface area contributed by atoms with Crippen molar-refractivity contribution in [3.05, 3.63) is 34.9 Å². The summed E-state index contributed by atoms with van der Waals surface area (Å²) in [5.41, 5.74) is 1.05. The van der Waals surface area contributed by atoms with E-state index in [2.05, 4.69) is 10.2 Å². The third-order valence-electron chi connectivity index (χ3n) is 2.49. The second-order valence-corrected chi connectivity index (χ2v) is 4.84. The van der Waals surface area contributed by atoms with Gasteiger partial charge in [-0.2, -0.15) is 0 Å². The number of hydrogen-bond donors (Lipinski definition) is 1. The molecule has 1 atom stereocenters. The minimum Gasteiger partial charge on any atom is -0.349 e. The summed E-state index contributed by atoms with van der Waals surface area (Å²) in [4.78, 5) is 13.3. The lowest BCUT2D eigenvalue weighted by Crippen LogP contribution is -2.29. The smallest absolute Gasteiger partial charge is 0.217 e. The molecule has 4 heteroatoms. The first-order chi connectivity index (χ1) is 7.99. The lowest BCUT2D eigenvalue weighted by molar-refractivity contribution is -0.119. The average Bonchev–Trinajstić information content (AvgIpc) is 2.23. The van der Waals surface area contributed by atoms with Gasteiger partial charge in [0.1, 0.15) is 0 Å². The number of hydrogen-bond acceptors (Lipinski definition) is 2. The Morgan fingerprint density at radius 3 is 2.71 bits per heavy atom. The molecule has 0 bridgehead atoms. The molecule has 17 heavy (non-hydrogen) atoms. The van der Waals surface area contributed by atoms with E-state index >= 15 is 0 Å². The van der Waals surface area contributed by atoms with Crippen molar-refractivity contribution < 1.29 is 4.79 Å². The summed E-state index contributed by atoms with van der Waals surface area (Å²) >= 11 is 5.97. The van der Waals surface area contributed by atoms with Crippen molar-refractivity contribution in [1.82, 2.24) is 10.2 Å². The Morgan fingerprint density at radius 1 is 1.47 bits per heavy atom. The second kappa shape index (κ2) is 6.62. The number of amides is 1.